The third-order valence-corrected chi connectivity index (χ3v) is 7.84. The Morgan fingerprint density at radius 2 is 1.88 bits per heavy atom. The Balaban J connectivity index is 1.26. The molecule has 0 bridgehead atoms. The first-order valence-electron chi connectivity index (χ1n) is 14.0. The summed E-state index contributed by atoms with van der Waals surface area (Å²) < 4.78 is 36.0. The van der Waals surface area contributed by atoms with E-state index in [0.29, 0.717) is 54.5 Å². The number of aryl methyl sites for hydroxylation is 1. The highest BCUT2D eigenvalue weighted by Gasteiger charge is 2.31. The van der Waals surface area contributed by atoms with Crippen molar-refractivity contribution in [3.05, 3.63) is 60.0 Å². The number of aliphatic hydroxyl groups excluding tert-OH is 1. The molecule has 2 aliphatic heterocycles. The lowest BCUT2D eigenvalue weighted by molar-refractivity contribution is 0.199. The highest BCUT2D eigenvalue weighted by Crippen LogP contribution is 2.37. The molecule has 0 saturated carbocycles. The van der Waals surface area contributed by atoms with E-state index in [-0.39, 0.29) is 36.2 Å². The van der Waals surface area contributed by atoms with Crippen molar-refractivity contribution in [3.8, 4) is 11.1 Å². The molecule has 2 saturated heterocycles. The Morgan fingerprint density at radius 1 is 1.05 bits per heavy atom. The fourth-order valence-corrected chi connectivity index (χ4v) is 5.72. The summed E-state index contributed by atoms with van der Waals surface area (Å²) in [6, 6.07) is 7.20. The number of carbonyl (C=O) groups is 1. The smallest absolute Gasteiger partial charge is 0.324 e. The largest absolute Gasteiger partial charge is 0.395 e. The maximum Gasteiger partial charge on any atom is 0.324 e. The summed E-state index contributed by atoms with van der Waals surface area (Å²) in [5.74, 6) is 1.01. The summed E-state index contributed by atoms with van der Waals surface area (Å²) in [6.45, 7) is 4.13. The summed E-state index contributed by atoms with van der Waals surface area (Å²) in [7, 11) is 0. The molecule has 12 heteroatoms. The molecule has 0 spiro atoms. The number of amides is 2. The van der Waals surface area contributed by atoms with Crippen LogP contribution in [-0.2, 0) is 6.42 Å². The first-order valence-corrected chi connectivity index (χ1v) is 14.0. The summed E-state index contributed by atoms with van der Waals surface area (Å²) >= 11 is 0. The van der Waals surface area contributed by atoms with Gasteiger partial charge in [-0.2, -0.15) is 4.98 Å². The van der Waals surface area contributed by atoms with Gasteiger partial charge in [-0.15, -0.1) is 0 Å². The minimum Gasteiger partial charge on any atom is -0.395 e. The second-order valence-electron chi connectivity index (χ2n) is 10.4. The number of β-amino-alcohol motifs (C(OH)–C–C–N with tert-alkyl or cyclic N) is 1. The molecule has 6 rings (SSSR count). The zero-order chi connectivity index (χ0) is 28.5. The highest BCUT2D eigenvalue weighted by atomic mass is 19.1. The Morgan fingerprint density at radius 3 is 2.63 bits per heavy atom. The predicted molar refractivity (Wildman–Crippen MR) is 149 cm³/mol. The van der Waals surface area contributed by atoms with Crippen molar-refractivity contribution >= 4 is 28.4 Å². The van der Waals surface area contributed by atoms with Crippen LogP contribution in [0.25, 0.3) is 22.0 Å². The molecule has 2 amide bonds. The van der Waals surface area contributed by atoms with Gasteiger partial charge < -0.3 is 19.4 Å². The fraction of sp³-hybridized carbons (Fsp3) is 0.414. The van der Waals surface area contributed by atoms with Crippen molar-refractivity contribution in [2.24, 2.45) is 0 Å². The fourth-order valence-electron chi connectivity index (χ4n) is 5.72. The topological polar surface area (TPSA) is 112 Å². The standard InChI is InChI=1S/C29H31F2N7O3/c1-2-3-24-34-27(35-41-24)18-8-10-36(11-9-18)28-25-21(30)6-5-20(26(25)32-17-33-28)19-4-7-23(22(31)16-19)38-13-12-37(14-15-39)29(38)40/h4-7,16-18,39H,2-3,8-15H2,1H3. The number of hydrogen-bond acceptors (Lipinski definition) is 8. The van der Waals surface area contributed by atoms with Gasteiger partial charge in [0.05, 0.1) is 23.2 Å². The number of nitrogens with zero attached hydrogens (tertiary/aromatic N) is 7. The number of urea groups is 1. The van der Waals surface area contributed by atoms with Gasteiger partial charge in [0.25, 0.3) is 0 Å². The number of piperidine rings is 1. The van der Waals surface area contributed by atoms with Gasteiger partial charge >= 0.3 is 6.03 Å². The number of rotatable bonds is 8. The van der Waals surface area contributed by atoms with Crippen LogP contribution in [0.4, 0.5) is 25.1 Å². The quantitative estimate of drug-likeness (QED) is 0.333. The number of fused-ring (bicyclic) bond motifs is 1. The molecule has 0 unspecified atom stereocenters. The summed E-state index contributed by atoms with van der Waals surface area (Å²) in [6.07, 6.45) is 4.65. The average Bonchev–Trinajstić information content (AvgIpc) is 3.60. The Labute approximate surface area is 235 Å². The van der Waals surface area contributed by atoms with Crippen molar-refractivity contribution in [2.75, 3.05) is 49.1 Å². The van der Waals surface area contributed by atoms with E-state index >= 15 is 8.78 Å². The molecule has 0 radical (unpaired) electrons. The van der Waals surface area contributed by atoms with Crippen LogP contribution in [0, 0.1) is 11.6 Å². The van der Waals surface area contributed by atoms with E-state index in [9.17, 15) is 4.79 Å². The number of anilines is 2. The van der Waals surface area contributed by atoms with Crippen LogP contribution in [0.15, 0.2) is 41.2 Å². The van der Waals surface area contributed by atoms with E-state index < -0.39 is 11.6 Å². The molecule has 214 valence electrons. The van der Waals surface area contributed by atoms with E-state index in [4.69, 9.17) is 9.63 Å². The molecule has 41 heavy (non-hydrogen) atoms. The van der Waals surface area contributed by atoms with Crippen LogP contribution >= 0.6 is 0 Å². The third-order valence-electron chi connectivity index (χ3n) is 7.84. The number of hydrogen-bond donors (Lipinski definition) is 1. The predicted octanol–water partition coefficient (Wildman–Crippen LogP) is 4.53. The van der Waals surface area contributed by atoms with Gasteiger partial charge in [0.1, 0.15) is 23.8 Å². The number of aromatic nitrogens is 4. The molecule has 4 aromatic rings. The van der Waals surface area contributed by atoms with E-state index in [1.165, 1.54) is 28.3 Å². The van der Waals surface area contributed by atoms with Crippen LogP contribution in [0.3, 0.4) is 0 Å². The molecule has 0 atom stereocenters. The lowest BCUT2D eigenvalue weighted by atomic mass is 9.95. The molecule has 2 aliphatic rings. The Bertz CT molecular complexity index is 1570. The molecule has 2 aromatic carbocycles. The van der Waals surface area contributed by atoms with Gasteiger partial charge in [0.2, 0.25) is 5.89 Å². The second-order valence-corrected chi connectivity index (χ2v) is 10.4. The molecule has 4 heterocycles. The molecule has 2 aromatic heterocycles. The maximum atomic E-state index is 15.4. The molecular weight excluding hydrogens is 532 g/mol. The van der Waals surface area contributed by atoms with Crippen molar-refractivity contribution in [1.82, 2.24) is 25.0 Å². The van der Waals surface area contributed by atoms with Crippen molar-refractivity contribution in [3.63, 3.8) is 0 Å². The highest BCUT2D eigenvalue weighted by molar-refractivity contribution is 6.00. The van der Waals surface area contributed by atoms with E-state index in [2.05, 4.69) is 27.0 Å². The Hall–Kier alpha value is -4.19. The van der Waals surface area contributed by atoms with Gasteiger partial charge in [-0.3, -0.25) is 4.90 Å². The van der Waals surface area contributed by atoms with E-state index in [0.717, 1.165) is 31.5 Å². The zero-order valence-electron chi connectivity index (χ0n) is 22.8. The average molecular weight is 564 g/mol. The minimum atomic E-state index is -0.570. The number of benzene rings is 2. The van der Waals surface area contributed by atoms with Gasteiger partial charge in [0.15, 0.2) is 5.82 Å². The van der Waals surface area contributed by atoms with E-state index in [1.54, 1.807) is 18.2 Å². The zero-order valence-corrected chi connectivity index (χ0v) is 22.8. The van der Waals surface area contributed by atoms with Gasteiger partial charge in [-0.1, -0.05) is 18.1 Å². The van der Waals surface area contributed by atoms with Crippen molar-refractivity contribution < 1.29 is 23.2 Å². The number of carbonyl (C=O) groups excluding carboxylic acids is 1. The maximum absolute atomic E-state index is 15.4. The normalized spacial score (nSPS) is 16.4. The van der Waals surface area contributed by atoms with Crippen LogP contribution in [0.1, 0.15) is 43.8 Å². The molecule has 2 fully saturated rings. The first kappa shape index (κ1) is 27.0. The van der Waals surface area contributed by atoms with Crippen LogP contribution in [0.2, 0.25) is 0 Å². The monoisotopic (exact) mass is 563 g/mol. The summed E-state index contributed by atoms with van der Waals surface area (Å²) in [4.78, 5) is 30.9. The van der Waals surface area contributed by atoms with Crippen LogP contribution in [0.5, 0.6) is 0 Å². The third kappa shape index (κ3) is 5.08. The van der Waals surface area contributed by atoms with Crippen molar-refractivity contribution in [1.29, 1.82) is 0 Å². The Kier molecular flexibility index (Phi) is 7.48. The van der Waals surface area contributed by atoms with Crippen LogP contribution in [-0.4, -0.2) is 75.5 Å². The molecule has 0 aliphatic carbocycles. The molecular formula is C29H31F2N7O3. The van der Waals surface area contributed by atoms with Gasteiger partial charge in [-0.25, -0.2) is 23.5 Å². The van der Waals surface area contributed by atoms with Gasteiger partial charge in [-0.05, 0) is 49.1 Å². The number of aliphatic hydroxyl groups is 1. The minimum absolute atomic E-state index is 0.154. The van der Waals surface area contributed by atoms with Crippen LogP contribution < -0.4 is 9.80 Å². The number of halogens is 2. The SMILES string of the molecule is CCCc1nc(C2CCN(c3ncnc4c(-c5ccc(N6CCN(CCO)C6=O)c(F)c5)ccc(F)c34)CC2)no1. The lowest BCUT2D eigenvalue weighted by Crippen LogP contribution is -2.34. The first-order chi connectivity index (χ1) is 20.0. The molecule has 10 nitrogen and oxygen atoms in total. The van der Waals surface area contributed by atoms with E-state index in [1.807, 2.05) is 4.90 Å². The van der Waals surface area contributed by atoms with Crippen molar-refractivity contribution in [2.45, 2.75) is 38.5 Å². The summed E-state index contributed by atoms with van der Waals surface area (Å²) in [5, 5.41) is 13.6. The molecule has 1 N–H and O–H groups in total. The van der Waals surface area contributed by atoms with Gasteiger partial charge in [0, 0.05) is 50.6 Å². The second kappa shape index (κ2) is 11.4. The summed E-state index contributed by atoms with van der Waals surface area (Å²) in [5.41, 5.74) is 1.62. The lowest BCUT2D eigenvalue weighted by Gasteiger charge is -2.32.